The summed E-state index contributed by atoms with van der Waals surface area (Å²) in [5.74, 6) is 2.49. The minimum absolute atomic E-state index is 0.0694. The van der Waals surface area contributed by atoms with Crippen molar-refractivity contribution in [1.82, 2.24) is 0 Å². The second-order valence-electron chi connectivity index (χ2n) is 17.6. The number of halogens is 2. The Labute approximate surface area is 343 Å². The van der Waals surface area contributed by atoms with E-state index < -0.39 is 0 Å². The van der Waals surface area contributed by atoms with Crippen molar-refractivity contribution < 1.29 is 32.5 Å². The SMILES string of the molecule is CCCCCC1COC(C2CCC(c3ccc(CC=CCOCC=CCc4ccc(C5CCC(C6OCC(CCCCC)CO6)CC5)cc4F)c(F)c3)CC2)OC1. The summed E-state index contributed by atoms with van der Waals surface area (Å²) in [7, 11) is 0. The van der Waals surface area contributed by atoms with Crippen LogP contribution in [-0.2, 0) is 36.5 Å². The molecule has 4 aliphatic rings. The first-order valence-corrected chi connectivity index (χ1v) is 22.9. The van der Waals surface area contributed by atoms with E-state index in [1.54, 1.807) is 12.1 Å². The normalized spacial score (nSPS) is 28.7. The second-order valence-corrected chi connectivity index (χ2v) is 17.6. The molecule has 2 aliphatic carbocycles. The van der Waals surface area contributed by atoms with Gasteiger partial charge in [-0.2, -0.15) is 0 Å². The van der Waals surface area contributed by atoms with Gasteiger partial charge in [0.15, 0.2) is 12.6 Å². The highest BCUT2D eigenvalue weighted by molar-refractivity contribution is 5.30. The summed E-state index contributed by atoms with van der Waals surface area (Å²) in [5, 5.41) is 0. The number of allylic oxidation sites excluding steroid dienone is 2. The van der Waals surface area contributed by atoms with Gasteiger partial charge in [-0.05, 0) is 123 Å². The summed E-state index contributed by atoms with van der Waals surface area (Å²) in [6.07, 6.45) is 27.2. The molecular weight excluding hydrogens is 719 g/mol. The van der Waals surface area contributed by atoms with Crippen LogP contribution in [0.15, 0.2) is 60.7 Å². The molecule has 2 saturated heterocycles. The van der Waals surface area contributed by atoms with Gasteiger partial charge in [-0.15, -0.1) is 0 Å². The molecule has 0 amide bonds. The van der Waals surface area contributed by atoms with Crippen LogP contribution in [0.5, 0.6) is 0 Å². The zero-order chi connectivity index (χ0) is 39.7. The molecule has 4 fully saturated rings. The van der Waals surface area contributed by atoms with Crippen molar-refractivity contribution >= 4 is 0 Å². The maximum absolute atomic E-state index is 15.1. The Bertz CT molecular complexity index is 1380. The lowest BCUT2D eigenvalue weighted by molar-refractivity contribution is -0.229. The molecular formula is C50H72F2O5. The van der Waals surface area contributed by atoms with Crippen LogP contribution in [-0.4, -0.2) is 52.2 Å². The third kappa shape index (κ3) is 13.8. The molecule has 0 radical (unpaired) electrons. The van der Waals surface area contributed by atoms with Crippen LogP contribution < -0.4 is 0 Å². The lowest BCUT2D eigenvalue weighted by Crippen LogP contribution is -2.38. The highest BCUT2D eigenvalue weighted by Crippen LogP contribution is 2.41. The van der Waals surface area contributed by atoms with Crippen LogP contribution >= 0.6 is 0 Å². The predicted octanol–water partition coefficient (Wildman–Crippen LogP) is 12.6. The minimum Gasteiger partial charge on any atom is -0.373 e. The van der Waals surface area contributed by atoms with Gasteiger partial charge in [-0.1, -0.05) is 101 Å². The summed E-state index contributed by atoms with van der Waals surface area (Å²) in [5.41, 5.74) is 3.62. The van der Waals surface area contributed by atoms with Crippen molar-refractivity contribution in [3.8, 4) is 0 Å². The van der Waals surface area contributed by atoms with E-state index in [0.29, 0.717) is 72.7 Å². The first-order valence-electron chi connectivity index (χ1n) is 22.9. The fraction of sp³-hybridized carbons (Fsp3) is 0.680. The largest absolute Gasteiger partial charge is 0.373 e. The fourth-order valence-corrected chi connectivity index (χ4v) is 9.54. The molecule has 2 aromatic carbocycles. The first-order chi connectivity index (χ1) is 28.0. The molecule has 0 N–H and O–H groups in total. The summed E-state index contributed by atoms with van der Waals surface area (Å²) in [6, 6.07) is 11.6. The molecule has 0 aromatic heterocycles. The van der Waals surface area contributed by atoms with E-state index in [1.165, 1.54) is 51.4 Å². The summed E-state index contributed by atoms with van der Waals surface area (Å²) in [4.78, 5) is 0. The van der Waals surface area contributed by atoms with E-state index in [2.05, 4.69) is 26.0 Å². The Morgan fingerprint density at radius 2 is 0.947 bits per heavy atom. The summed E-state index contributed by atoms with van der Waals surface area (Å²) in [6.45, 7) is 8.68. The Morgan fingerprint density at radius 1 is 0.544 bits per heavy atom. The predicted molar refractivity (Wildman–Crippen MR) is 225 cm³/mol. The molecule has 5 nitrogen and oxygen atoms in total. The Kier molecular flexibility index (Phi) is 18.6. The average molecular weight is 791 g/mol. The van der Waals surface area contributed by atoms with E-state index >= 15 is 8.78 Å². The second kappa shape index (κ2) is 24.0. The lowest BCUT2D eigenvalue weighted by Gasteiger charge is -2.37. The van der Waals surface area contributed by atoms with Gasteiger partial charge < -0.3 is 23.7 Å². The zero-order valence-electron chi connectivity index (χ0n) is 35.2. The molecule has 0 atom stereocenters. The molecule has 0 bridgehead atoms. The highest BCUT2D eigenvalue weighted by Gasteiger charge is 2.34. The van der Waals surface area contributed by atoms with Gasteiger partial charge in [-0.25, -0.2) is 8.78 Å². The van der Waals surface area contributed by atoms with Crippen LogP contribution in [0, 0.1) is 35.3 Å². The van der Waals surface area contributed by atoms with Crippen LogP contribution in [0.25, 0.3) is 0 Å². The Hall–Kier alpha value is -2.42. The van der Waals surface area contributed by atoms with Crippen LogP contribution in [0.4, 0.5) is 8.78 Å². The smallest absolute Gasteiger partial charge is 0.160 e. The molecule has 2 aliphatic heterocycles. The first kappa shape index (κ1) is 44.1. The molecule has 0 unspecified atom stereocenters. The third-order valence-electron chi connectivity index (χ3n) is 13.3. The average Bonchev–Trinajstić information content (AvgIpc) is 3.25. The number of benzene rings is 2. The van der Waals surface area contributed by atoms with E-state index in [4.69, 9.17) is 23.7 Å². The Balaban J connectivity index is 0.819. The number of unbranched alkanes of at least 4 members (excludes halogenated alkanes) is 4. The van der Waals surface area contributed by atoms with Crippen LogP contribution in [0.1, 0.15) is 151 Å². The monoisotopic (exact) mass is 791 g/mol. The van der Waals surface area contributed by atoms with Crippen molar-refractivity contribution in [1.29, 1.82) is 0 Å². The molecule has 57 heavy (non-hydrogen) atoms. The number of hydrogen-bond donors (Lipinski definition) is 0. The van der Waals surface area contributed by atoms with Gasteiger partial charge in [0.05, 0.1) is 39.6 Å². The van der Waals surface area contributed by atoms with Gasteiger partial charge >= 0.3 is 0 Å². The Morgan fingerprint density at radius 3 is 1.32 bits per heavy atom. The van der Waals surface area contributed by atoms with Gasteiger partial charge in [0, 0.05) is 23.7 Å². The molecule has 6 rings (SSSR count). The maximum atomic E-state index is 15.1. The van der Waals surface area contributed by atoms with Crippen molar-refractivity contribution in [2.45, 2.75) is 154 Å². The van der Waals surface area contributed by atoms with Gasteiger partial charge in [0.2, 0.25) is 0 Å². The summed E-state index contributed by atoms with van der Waals surface area (Å²) >= 11 is 0. The van der Waals surface area contributed by atoms with Gasteiger partial charge in [0.1, 0.15) is 11.6 Å². The van der Waals surface area contributed by atoms with E-state index in [9.17, 15) is 0 Å². The van der Waals surface area contributed by atoms with Crippen molar-refractivity contribution in [3.05, 3.63) is 94.6 Å². The molecule has 7 heteroatoms. The van der Waals surface area contributed by atoms with Gasteiger partial charge in [0.25, 0.3) is 0 Å². The van der Waals surface area contributed by atoms with E-state index in [0.717, 1.165) is 88.9 Å². The number of rotatable bonds is 20. The standard InChI is InChI=1S/C50H72F2O5/c1-3-5-7-13-37-33-54-49(55-34-37)43-23-17-39(18-24-43)45-27-21-41(47(51)31-45)15-9-11-29-53-30-12-10-16-42-22-28-46(32-48(42)52)40-19-25-44(26-20-40)50-56-35-38(36-57-50)14-8-6-4-2/h9-12,21-22,27-28,31-32,37-40,43-44,49-50H,3-8,13-20,23-26,29-30,33-36H2,1-2H3. The van der Waals surface area contributed by atoms with Gasteiger partial charge in [-0.3, -0.25) is 0 Å². The van der Waals surface area contributed by atoms with E-state index in [-0.39, 0.29) is 24.2 Å². The van der Waals surface area contributed by atoms with Crippen LogP contribution in [0.2, 0.25) is 0 Å². The third-order valence-corrected chi connectivity index (χ3v) is 13.3. The van der Waals surface area contributed by atoms with Crippen molar-refractivity contribution in [2.24, 2.45) is 23.7 Å². The highest BCUT2D eigenvalue weighted by atomic mass is 19.1. The fourth-order valence-electron chi connectivity index (χ4n) is 9.54. The molecule has 2 saturated carbocycles. The topological polar surface area (TPSA) is 46.2 Å². The van der Waals surface area contributed by atoms with Crippen molar-refractivity contribution in [2.75, 3.05) is 39.6 Å². The number of ether oxygens (including phenoxy) is 5. The maximum Gasteiger partial charge on any atom is 0.160 e. The lowest BCUT2D eigenvalue weighted by atomic mass is 9.78. The van der Waals surface area contributed by atoms with E-state index in [1.807, 2.05) is 36.4 Å². The van der Waals surface area contributed by atoms with Crippen LogP contribution in [0.3, 0.4) is 0 Å². The molecule has 2 aromatic rings. The molecule has 0 spiro atoms. The quantitative estimate of drug-likeness (QED) is 0.0987. The summed E-state index contributed by atoms with van der Waals surface area (Å²) < 4.78 is 60.6. The van der Waals surface area contributed by atoms with Crippen molar-refractivity contribution in [3.63, 3.8) is 0 Å². The molecule has 2 heterocycles. The zero-order valence-corrected chi connectivity index (χ0v) is 35.2. The number of hydrogen-bond acceptors (Lipinski definition) is 5. The minimum atomic E-state index is -0.130. The molecule has 316 valence electrons.